The zero-order valence-corrected chi connectivity index (χ0v) is 28.5. The lowest BCUT2D eigenvalue weighted by Crippen LogP contribution is -2.09. The van der Waals surface area contributed by atoms with Crippen LogP contribution in [0.3, 0.4) is 0 Å². The molecule has 0 spiro atoms. The molecule has 244 valence electrons. The molecule has 0 saturated heterocycles. The fourth-order valence-electron chi connectivity index (χ4n) is 7.34. The van der Waals surface area contributed by atoms with Gasteiger partial charge in [-0.05, 0) is 134 Å². The summed E-state index contributed by atoms with van der Waals surface area (Å²) in [4.78, 5) is 2.32. The van der Waals surface area contributed by atoms with Crippen molar-refractivity contribution in [3.63, 3.8) is 0 Å². The molecule has 0 amide bonds. The topological polar surface area (TPSA) is 8.17 Å². The first-order chi connectivity index (χ1) is 24.8. The Morgan fingerprint density at radius 2 is 0.720 bits per heavy atom. The van der Waals surface area contributed by atoms with E-state index in [1.807, 2.05) is 0 Å². The predicted octanol–water partition coefficient (Wildman–Crippen LogP) is 12.6. The van der Waals surface area contributed by atoms with Crippen molar-refractivity contribution in [1.82, 2.24) is 4.57 Å². The van der Waals surface area contributed by atoms with Gasteiger partial charge in [0.2, 0.25) is 0 Å². The van der Waals surface area contributed by atoms with Crippen LogP contribution in [0.1, 0.15) is 35.1 Å². The van der Waals surface area contributed by atoms with Gasteiger partial charge >= 0.3 is 0 Å². The van der Waals surface area contributed by atoms with E-state index < -0.39 is 0 Å². The monoisotopic (exact) mass is 646 g/mol. The Hall–Kier alpha value is -5.86. The lowest BCUT2D eigenvalue weighted by atomic mass is 10.0. The highest BCUT2D eigenvalue weighted by Crippen LogP contribution is 2.37. The molecule has 0 aliphatic rings. The number of hydrogen-bond acceptors (Lipinski definition) is 1. The molecule has 0 bridgehead atoms. The van der Waals surface area contributed by atoms with Crippen LogP contribution < -0.4 is 4.90 Å². The number of fused-ring (bicyclic) bond motifs is 3. The van der Waals surface area contributed by atoms with Crippen LogP contribution in [0.4, 0.5) is 17.1 Å². The summed E-state index contributed by atoms with van der Waals surface area (Å²) in [6.45, 7) is 0. The quantitative estimate of drug-likeness (QED) is 0.128. The average molecular weight is 647 g/mol. The smallest absolute Gasteiger partial charge is 0.0541 e. The van der Waals surface area contributed by atoms with Crippen LogP contribution in [-0.4, -0.2) is 4.57 Å². The molecule has 0 N–H and O–H groups in total. The number of nitrogens with zero attached hydrogens (tertiary/aromatic N) is 2. The van der Waals surface area contributed by atoms with Crippen LogP contribution in [0.5, 0.6) is 0 Å². The van der Waals surface area contributed by atoms with E-state index >= 15 is 0 Å². The first-order valence-corrected chi connectivity index (χ1v) is 17.9. The second kappa shape index (κ2) is 14.7. The van der Waals surface area contributed by atoms with Crippen molar-refractivity contribution in [3.8, 4) is 5.69 Å². The summed E-state index contributed by atoms with van der Waals surface area (Å²) in [6, 6.07) is 66.2. The Morgan fingerprint density at radius 3 is 1.16 bits per heavy atom. The summed E-state index contributed by atoms with van der Waals surface area (Å²) >= 11 is 0. The first-order valence-electron chi connectivity index (χ1n) is 17.9. The van der Waals surface area contributed by atoms with Crippen LogP contribution in [0, 0.1) is 0 Å². The highest BCUT2D eigenvalue weighted by Gasteiger charge is 2.16. The molecule has 0 aliphatic heterocycles. The Morgan fingerprint density at radius 1 is 0.340 bits per heavy atom. The molecule has 2 nitrogen and oxygen atoms in total. The number of aromatic nitrogens is 1. The zero-order valence-electron chi connectivity index (χ0n) is 28.5. The van der Waals surface area contributed by atoms with Crippen LogP contribution >= 0.6 is 0 Å². The SMILES string of the molecule is c1ccc(CCCc2ccc3c(c2)c2cc(CCCc4ccccc4)ccc2n3-c2ccc(N(c3ccccc3)c3ccccc3)cc2)cc1. The maximum atomic E-state index is 2.45. The van der Waals surface area contributed by atoms with E-state index in [0.29, 0.717) is 0 Å². The number of rotatable bonds is 12. The van der Waals surface area contributed by atoms with Gasteiger partial charge in [-0.3, -0.25) is 0 Å². The molecule has 8 aromatic rings. The minimum absolute atomic E-state index is 1.07. The van der Waals surface area contributed by atoms with Crippen LogP contribution in [0.25, 0.3) is 27.5 Å². The Bertz CT molecular complexity index is 2150. The molecule has 1 heterocycles. The summed E-state index contributed by atoms with van der Waals surface area (Å²) in [5.74, 6) is 0. The third-order valence-electron chi connectivity index (χ3n) is 9.84. The second-order valence-corrected chi connectivity index (χ2v) is 13.2. The number of hydrogen-bond donors (Lipinski definition) is 0. The van der Waals surface area contributed by atoms with Crippen molar-refractivity contribution in [3.05, 3.63) is 204 Å². The van der Waals surface area contributed by atoms with E-state index in [1.165, 1.54) is 49.7 Å². The van der Waals surface area contributed by atoms with Crippen LogP contribution in [0.15, 0.2) is 182 Å². The van der Waals surface area contributed by atoms with Gasteiger partial charge in [-0.25, -0.2) is 0 Å². The molecule has 50 heavy (non-hydrogen) atoms. The van der Waals surface area contributed by atoms with Crippen molar-refractivity contribution in [2.45, 2.75) is 38.5 Å². The van der Waals surface area contributed by atoms with E-state index in [9.17, 15) is 0 Å². The van der Waals surface area contributed by atoms with Gasteiger partial charge in [-0.15, -0.1) is 0 Å². The summed E-state index contributed by atoms with van der Waals surface area (Å²) in [5, 5.41) is 2.67. The van der Waals surface area contributed by atoms with Gasteiger partial charge in [0, 0.05) is 33.5 Å². The van der Waals surface area contributed by atoms with E-state index in [4.69, 9.17) is 0 Å². The predicted molar refractivity (Wildman–Crippen MR) is 212 cm³/mol. The molecular weight excluding hydrogens is 605 g/mol. The molecule has 0 unspecified atom stereocenters. The number of aryl methyl sites for hydroxylation is 4. The minimum Gasteiger partial charge on any atom is -0.311 e. The Labute approximate surface area is 295 Å². The molecule has 0 aliphatic carbocycles. The molecule has 0 atom stereocenters. The number of para-hydroxylation sites is 2. The molecular formula is C48H42N2. The van der Waals surface area contributed by atoms with Crippen LogP contribution in [0.2, 0.25) is 0 Å². The summed E-state index contributed by atoms with van der Waals surface area (Å²) in [5.41, 5.74) is 12.7. The van der Waals surface area contributed by atoms with E-state index in [0.717, 1.165) is 55.6 Å². The fourth-order valence-corrected chi connectivity index (χ4v) is 7.34. The zero-order chi connectivity index (χ0) is 33.5. The van der Waals surface area contributed by atoms with Gasteiger partial charge in [0.1, 0.15) is 0 Å². The number of benzene rings is 7. The average Bonchev–Trinajstić information content (AvgIpc) is 3.50. The molecule has 8 rings (SSSR count). The van der Waals surface area contributed by atoms with Crippen molar-refractivity contribution in [2.24, 2.45) is 0 Å². The minimum atomic E-state index is 1.07. The van der Waals surface area contributed by atoms with Gasteiger partial charge in [-0.2, -0.15) is 0 Å². The standard InChI is InChI=1S/C48H42N2/c1-5-15-37(16-6-1)19-13-21-39-27-33-47-45(35-39)46-36-40(22-14-20-38-17-7-2-8-18-38)28-34-48(46)50(47)44-31-29-43(30-32-44)49(41-23-9-3-10-24-41)42-25-11-4-12-26-42/h1-12,15-18,23-36H,13-14,19-22H2. The molecule has 1 aromatic heterocycles. The summed E-state index contributed by atoms with van der Waals surface area (Å²) in [7, 11) is 0. The second-order valence-electron chi connectivity index (χ2n) is 13.2. The van der Waals surface area contributed by atoms with Crippen LogP contribution in [-0.2, 0) is 25.7 Å². The molecule has 2 heteroatoms. The van der Waals surface area contributed by atoms with E-state index in [-0.39, 0.29) is 0 Å². The van der Waals surface area contributed by atoms with Gasteiger partial charge in [-0.1, -0.05) is 109 Å². The van der Waals surface area contributed by atoms with Gasteiger partial charge < -0.3 is 9.47 Å². The molecule has 0 saturated carbocycles. The molecule has 0 radical (unpaired) electrons. The van der Waals surface area contributed by atoms with Crippen molar-refractivity contribution in [2.75, 3.05) is 4.90 Å². The third kappa shape index (κ3) is 6.84. The molecule has 7 aromatic carbocycles. The van der Waals surface area contributed by atoms with E-state index in [1.54, 1.807) is 0 Å². The molecule has 0 fully saturated rings. The third-order valence-corrected chi connectivity index (χ3v) is 9.84. The first kappa shape index (κ1) is 31.4. The van der Waals surface area contributed by atoms with Gasteiger partial charge in [0.15, 0.2) is 0 Å². The fraction of sp³-hybridized carbons (Fsp3) is 0.125. The normalized spacial score (nSPS) is 11.3. The largest absolute Gasteiger partial charge is 0.311 e. The highest BCUT2D eigenvalue weighted by atomic mass is 15.1. The van der Waals surface area contributed by atoms with Crippen molar-refractivity contribution < 1.29 is 0 Å². The number of anilines is 3. The lowest BCUT2D eigenvalue weighted by molar-refractivity contribution is 0.821. The van der Waals surface area contributed by atoms with Gasteiger partial charge in [0.25, 0.3) is 0 Å². The van der Waals surface area contributed by atoms with E-state index in [2.05, 4.69) is 191 Å². The van der Waals surface area contributed by atoms with Crippen molar-refractivity contribution in [1.29, 1.82) is 0 Å². The lowest BCUT2D eigenvalue weighted by Gasteiger charge is -2.25. The Kier molecular flexibility index (Phi) is 9.25. The maximum Gasteiger partial charge on any atom is 0.0541 e. The summed E-state index contributed by atoms with van der Waals surface area (Å²) in [6.07, 6.45) is 6.61. The highest BCUT2D eigenvalue weighted by molar-refractivity contribution is 6.09. The van der Waals surface area contributed by atoms with Gasteiger partial charge in [0.05, 0.1) is 11.0 Å². The van der Waals surface area contributed by atoms with Crippen molar-refractivity contribution >= 4 is 38.9 Å². The maximum absolute atomic E-state index is 2.45. The Balaban J connectivity index is 1.15. The summed E-state index contributed by atoms with van der Waals surface area (Å²) < 4.78 is 2.45.